The molecule has 0 amide bonds. The molecule has 3 nitrogen and oxygen atoms in total. The van der Waals surface area contributed by atoms with Gasteiger partial charge in [-0.3, -0.25) is 4.79 Å². The van der Waals surface area contributed by atoms with E-state index in [2.05, 4.69) is 5.92 Å². The van der Waals surface area contributed by atoms with Gasteiger partial charge in [-0.25, -0.2) is 0 Å². The second-order valence-electron chi connectivity index (χ2n) is 2.91. The number of terminal acetylenes is 1. The van der Waals surface area contributed by atoms with Gasteiger partial charge in [-0.2, -0.15) is 0 Å². The van der Waals surface area contributed by atoms with E-state index in [1.54, 1.807) is 6.20 Å². The topological polar surface area (TPSA) is 31.2 Å². The average molecular weight is 226 g/mol. The molecular weight excluding hydrogens is 214 g/mol. The van der Waals surface area contributed by atoms with E-state index in [1.165, 1.54) is 6.07 Å². The minimum Gasteiger partial charge on any atom is -0.475 e. The van der Waals surface area contributed by atoms with Crippen molar-refractivity contribution < 1.29 is 4.74 Å². The van der Waals surface area contributed by atoms with Crippen LogP contribution < -0.4 is 10.2 Å². The van der Waals surface area contributed by atoms with Crippen LogP contribution in [0, 0.1) is 12.3 Å². The SMILES string of the molecule is C#CCOc1cn(CC)c(CCl)cc1=O. The summed E-state index contributed by atoms with van der Waals surface area (Å²) in [6.45, 7) is 2.79. The molecule has 0 fully saturated rings. The van der Waals surface area contributed by atoms with E-state index in [-0.39, 0.29) is 17.8 Å². The lowest BCUT2D eigenvalue weighted by Gasteiger charge is -2.11. The minimum atomic E-state index is -0.189. The van der Waals surface area contributed by atoms with E-state index in [1.807, 2.05) is 11.5 Å². The van der Waals surface area contributed by atoms with Crippen LogP contribution in [0.25, 0.3) is 0 Å². The Morgan fingerprint density at radius 1 is 1.67 bits per heavy atom. The number of nitrogens with zero attached hydrogens (tertiary/aromatic N) is 1. The van der Waals surface area contributed by atoms with Gasteiger partial charge >= 0.3 is 0 Å². The standard InChI is InChI=1S/C11H12ClNO2/c1-3-5-15-11-8-13(4-2)9(7-12)6-10(11)14/h1,6,8H,4-5,7H2,2H3. The molecule has 1 rings (SSSR count). The van der Waals surface area contributed by atoms with E-state index in [0.717, 1.165) is 12.2 Å². The Bertz CT molecular complexity index is 431. The van der Waals surface area contributed by atoms with E-state index in [4.69, 9.17) is 22.8 Å². The highest BCUT2D eigenvalue weighted by molar-refractivity contribution is 6.16. The molecule has 0 radical (unpaired) electrons. The number of pyridine rings is 1. The lowest BCUT2D eigenvalue weighted by atomic mass is 10.3. The lowest BCUT2D eigenvalue weighted by molar-refractivity contribution is 0.362. The van der Waals surface area contributed by atoms with Crippen molar-refractivity contribution in [1.82, 2.24) is 4.57 Å². The number of hydrogen-bond acceptors (Lipinski definition) is 2. The van der Waals surface area contributed by atoms with Crippen molar-refractivity contribution in [2.75, 3.05) is 6.61 Å². The molecule has 80 valence electrons. The first-order chi connectivity index (χ1) is 7.22. The van der Waals surface area contributed by atoms with Gasteiger partial charge in [0.15, 0.2) is 5.75 Å². The molecule has 0 aliphatic rings. The molecule has 1 aromatic rings. The van der Waals surface area contributed by atoms with E-state index >= 15 is 0 Å². The van der Waals surface area contributed by atoms with Crippen molar-refractivity contribution in [3.8, 4) is 18.1 Å². The summed E-state index contributed by atoms with van der Waals surface area (Å²) in [6.07, 6.45) is 6.68. The molecule has 0 unspecified atom stereocenters. The number of halogens is 1. The molecule has 0 aliphatic heterocycles. The fourth-order valence-corrected chi connectivity index (χ4v) is 1.46. The fraction of sp³-hybridized carbons (Fsp3) is 0.364. The summed E-state index contributed by atoms with van der Waals surface area (Å²) in [5.41, 5.74) is 0.586. The first-order valence-electron chi connectivity index (χ1n) is 4.58. The summed E-state index contributed by atoms with van der Waals surface area (Å²) in [7, 11) is 0. The Morgan fingerprint density at radius 2 is 2.40 bits per heavy atom. The van der Waals surface area contributed by atoms with Gasteiger partial charge in [-0.1, -0.05) is 5.92 Å². The van der Waals surface area contributed by atoms with Crippen LogP contribution in [0.3, 0.4) is 0 Å². The van der Waals surface area contributed by atoms with Crippen LogP contribution in [0.15, 0.2) is 17.1 Å². The van der Waals surface area contributed by atoms with Crippen LogP contribution in [0.4, 0.5) is 0 Å². The third-order valence-corrected chi connectivity index (χ3v) is 2.24. The highest BCUT2D eigenvalue weighted by atomic mass is 35.5. The molecule has 0 aliphatic carbocycles. The molecule has 0 saturated heterocycles. The Morgan fingerprint density at radius 3 is 2.93 bits per heavy atom. The third-order valence-electron chi connectivity index (χ3n) is 1.97. The highest BCUT2D eigenvalue weighted by Gasteiger charge is 2.05. The molecule has 15 heavy (non-hydrogen) atoms. The number of hydrogen-bond donors (Lipinski definition) is 0. The van der Waals surface area contributed by atoms with E-state index in [9.17, 15) is 4.79 Å². The molecule has 1 aromatic heterocycles. The summed E-state index contributed by atoms with van der Waals surface area (Å²) in [5, 5.41) is 0. The van der Waals surface area contributed by atoms with Gasteiger partial charge in [0.1, 0.15) is 6.61 Å². The molecule has 0 N–H and O–H groups in total. The molecule has 1 heterocycles. The molecule has 4 heteroatoms. The lowest BCUT2D eigenvalue weighted by Crippen LogP contribution is -2.14. The fourth-order valence-electron chi connectivity index (χ4n) is 1.23. The van der Waals surface area contributed by atoms with Gasteiger partial charge in [0, 0.05) is 18.3 Å². The van der Waals surface area contributed by atoms with Crippen molar-refractivity contribution >= 4 is 11.6 Å². The maximum Gasteiger partial charge on any atom is 0.223 e. The van der Waals surface area contributed by atoms with Gasteiger partial charge in [0.2, 0.25) is 5.43 Å². The zero-order valence-electron chi connectivity index (χ0n) is 8.50. The Kier molecular flexibility index (Phi) is 4.26. The zero-order valence-corrected chi connectivity index (χ0v) is 9.25. The van der Waals surface area contributed by atoms with Gasteiger partial charge < -0.3 is 9.30 Å². The molecule has 0 atom stereocenters. The van der Waals surface area contributed by atoms with Crippen LogP contribution in [0.2, 0.25) is 0 Å². The number of ether oxygens (including phenoxy) is 1. The maximum absolute atomic E-state index is 11.5. The van der Waals surface area contributed by atoms with Gasteiger partial charge in [0.25, 0.3) is 0 Å². The Labute approximate surface area is 93.6 Å². The smallest absolute Gasteiger partial charge is 0.223 e. The van der Waals surface area contributed by atoms with Crippen LogP contribution in [-0.2, 0) is 12.4 Å². The predicted molar refractivity (Wildman–Crippen MR) is 60.3 cm³/mol. The summed E-state index contributed by atoms with van der Waals surface area (Å²) in [6, 6.07) is 1.47. The summed E-state index contributed by atoms with van der Waals surface area (Å²) in [4.78, 5) is 11.5. The highest BCUT2D eigenvalue weighted by Crippen LogP contribution is 2.08. The van der Waals surface area contributed by atoms with Gasteiger partial charge in [0.05, 0.1) is 12.1 Å². The molecule has 0 bridgehead atoms. The molecular formula is C11H12ClNO2. The van der Waals surface area contributed by atoms with Gasteiger partial charge in [-0.05, 0) is 6.92 Å². The molecule has 0 spiro atoms. The quantitative estimate of drug-likeness (QED) is 0.576. The van der Waals surface area contributed by atoms with Crippen molar-refractivity contribution in [2.24, 2.45) is 0 Å². The third kappa shape index (κ3) is 2.77. The summed E-state index contributed by atoms with van der Waals surface area (Å²) in [5.74, 6) is 2.88. The van der Waals surface area contributed by atoms with E-state index < -0.39 is 0 Å². The van der Waals surface area contributed by atoms with Crippen LogP contribution in [-0.4, -0.2) is 11.2 Å². The van der Waals surface area contributed by atoms with Crippen molar-refractivity contribution in [1.29, 1.82) is 0 Å². The van der Waals surface area contributed by atoms with E-state index in [0.29, 0.717) is 5.88 Å². The summed E-state index contributed by atoms with van der Waals surface area (Å²) >= 11 is 5.71. The number of aryl methyl sites for hydroxylation is 1. The first-order valence-corrected chi connectivity index (χ1v) is 5.12. The van der Waals surface area contributed by atoms with Crippen LogP contribution in [0.5, 0.6) is 5.75 Å². The number of alkyl halides is 1. The molecule has 0 saturated carbocycles. The van der Waals surface area contributed by atoms with Crippen molar-refractivity contribution in [2.45, 2.75) is 19.3 Å². The maximum atomic E-state index is 11.5. The second-order valence-corrected chi connectivity index (χ2v) is 3.17. The van der Waals surface area contributed by atoms with Crippen molar-refractivity contribution in [3.05, 3.63) is 28.2 Å². The first kappa shape index (κ1) is 11.7. The van der Waals surface area contributed by atoms with Crippen LogP contribution in [0.1, 0.15) is 12.6 Å². The molecule has 0 aromatic carbocycles. The average Bonchev–Trinajstić information content (AvgIpc) is 2.27. The van der Waals surface area contributed by atoms with Crippen LogP contribution >= 0.6 is 11.6 Å². The zero-order chi connectivity index (χ0) is 11.3. The summed E-state index contributed by atoms with van der Waals surface area (Å²) < 4.78 is 6.98. The number of aromatic nitrogens is 1. The number of rotatable bonds is 4. The minimum absolute atomic E-state index is 0.0964. The van der Waals surface area contributed by atoms with Gasteiger partial charge in [-0.15, -0.1) is 18.0 Å². The second kappa shape index (κ2) is 5.47. The Balaban J connectivity index is 3.09. The Hall–Kier alpha value is -1.40. The predicted octanol–water partition coefficient (Wildman–Crippen LogP) is 1.62. The largest absolute Gasteiger partial charge is 0.475 e. The monoisotopic (exact) mass is 225 g/mol. The normalized spacial score (nSPS) is 9.67. The van der Waals surface area contributed by atoms with Crippen molar-refractivity contribution in [3.63, 3.8) is 0 Å².